The number of ketones is 1. The molecular weight excluding hydrogens is 442 g/mol. The van der Waals surface area contributed by atoms with Gasteiger partial charge in [-0.3, -0.25) is 19.9 Å². The van der Waals surface area contributed by atoms with Crippen LogP contribution in [0.25, 0.3) is 0 Å². The summed E-state index contributed by atoms with van der Waals surface area (Å²) in [6.07, 6.45) is 5.58. The molecule has 35 heavy (non-hydrogen) atoms. The maximum atomic E-state index is 13.8. The fourth-order valence-electron chi connectivity index (χ4n) is 5.70. The molecule has 3 aliphatic rings. The lowest BCUT2D eigenvalue weighted by Crippen LogP contribution is -2.40. The van der Waals surface area contributed by atoms with E-state index in [4.69, 9.17) is 15.2 Å². The number of hydrogen-bond acceptors (Lipinski definition) is 6. The zero-order valence-corrected chi connectivity index (χ0v) is 20.2. The highest BCUT2D eigenvalue weighted by molar-refractivity contribution is 6.47. The summed E-state index contributed by atoms with van der Waals surface area (Å²) >= 11 is 0. The Bertz CT molecular complexity index is 1190. The molecule has 0 radical (unpaired) electrons. The molecule has 7 heteroatoms. The van der Waals surface area contributed by atoms with Crippen LogP contribution in [-0.2, 0) is 19.9 Å². The van der Waals surface area contributed by atoms with Crippen molar-refractivity contribution in [2.75, 3.05) is 20.8 Å². The average molecular weight is 474 g/mol. The van der Waals surface area contributed by atoms with Gasteiger partial charge in [-0.15, -0.1) is 0 Å². The van der Waals surface area contributed by atoms with E-state index in [9.17, 15) is 9.59 Å². The van der Waals surface area contributed by atoms with Crippen LogP contribution in [0.15, 0.2) is 64.7 Å². The molecule has 0 aromatic heterocycles. The van der Waals surface area contributed by atoms with Crippen molar-refractivity contribution < 1.29 is 19.1 Å². The lowest BCUT2D eigenvalue weighted by Gasteiger charge is -2.36. The second kappa shape index (κ2) is 9.40. The van der Waals surface area contributed by atoms with Crippen molar-refractivity contribution in [2.45, 2.75) is 49.8 Å². The first-order valence-corrected chi connectivity index (χ1v) is 12.2. The quantitative estimate of drug-likeness (QED) is 0.666. The second-order valence-electron chi connectivity index (χ2n) is 9.47. The number of carbonyl (C=O) groups excluding carboxylic acids is 2. The molecule has 7 nitrogen and oxygen atoms in total. The third-order valence-electron chi connectivity index (χ3n) is 7.64. The fourth-order valence-corrected chi connectivity index (χ4v) is 5.70. The Morgan fingerprint density at radius 3 is 2.26 bits per heavy atom. The van der Waals surface area contributed by atoms with Gasteiger partial charge in [-0.05, 0) is 41.7 Å². The number of nitrogens with two attached hydrogens (primary N) is 1. The molecule has 2 aromatic carbocycles. The van der Waals surface area contributed by atoms with E-state index in [1.165, 1.54) is 6.42 Å². The van der Waals surface area contributed by atoms with Crippen molar-refractivity contribution in [3.05, 3.63) is 76.4 Å². The summed E-state index contributed by atoms with van der Waals surface area (Å²) in [7, 11) is 3.39. The lowest BCUT2D eigenvalue weighted by molar-refractivity contribution is -0.118. The first-order valence-electron chi connectivity index (χ1n) is 12.2. The van der Waals surface area contributed by atoms with Crippen molar-refractivity contribution in [3.63, 3.8) is 0 Å². The Morgan fingerprint density at radius 1 is 1.00 bits per heavy atom. The molecule has 2 atom stereocenters. The number of hydrogen-bond donors (Lipinski definition) is 2. The number of nitrogens with zero attached hydrogens (tertiary/aromatic N) is 1. The van der Waals surface area contributed by atoms with Crippen LogP contribution in [0, 0.1) is 0 Å². The van der Waals surface area contributed by atoms with E-state index in [0.29, 0.717) is 23.4 Å². The average Bonchev–Trinajstić information content (AvgIpc) is 3.30. The number of amides is 1. The molecule has 2 aliphatic heterocycles. The summed E-state index contributed by atoms with van der Waals surface area (Å²) in [6, 6.07) is 14.5. The molecule has 1 fully saturated rings. The Morgan fingerprint density at radius 2 is 1.66 bits per heavy atom. The van der Waals surface area contributed by atoms with Crippen molar-refractivity contribution >= 4 is 17.4 Å². The molecule has 3 N–H and O–H groups in total. The number of benzene rings is 2. The van der Waals surface area contributed by atoms with Gasteiger partial charge in [-0.2, -0.15) is 0 Å². The first kappa shape index (κ1) is 23.5. The molecule has 0 saturated heterocycles. The van der Waals surface area contributed by atoms with Gasteiger partial charge in [0.2, 0.25) is 0 Å². The zero-order chi connectivity index (χ0) is 24.6. The van der Waals surface area contributed by atoms with Crippen LogP contribution in [0.5, 0.6) is 5.75 Å². The summed E-state index contributed by atoms with van der Waals surface area (Å²) in [4.78, 5) is 30.5. The number of ether oxygens (including phenoxy) is 2. The molecule has 5 rings (SSSR count). The van der Waals surface area contributed by atoms with Gasteiger partial charge in [-0.1, -0.05) is 55.7 Å². The van der Waals surface area contributed by atoms with Crippen LogP contribution in [0.1, 0.15) is 60.9 Å². The molecule has 2 unspecified atom stereocenters. The van der Waals surface area contributed by atoms with E-state index in [1.807, 2.05) is 36.4 Å². The number of rotatable bonds is 6. The molecule has 0 bridgehead atoms. The molecule has 2 aromatic rings. The van der Waals surface area contributed by atoms with Crippen LogP contribution in [-0.4, -0.2) is 38.2 Å². The summed E-state index contributed by atoms with van der Waals surface area (Å²) in [5, 5.41) is 3.31. The number of nitrogens with one attached hydrogen (secondary N) is 1. The number of methoxy groups -OCH3 is 2. The third kappa shape index (κ3) is 4.09. The first-order chi connectivity index (χ1) is 17.0. The largest absolute Gasteiger partial charge is 0.497 e. The lowest BCUT2D eigenvalue weighted by atomic mass is 9.78. The van der Waals surface area contributed by atoms with Gasteiger partial charge in [0, 0.05) is 24.8 Å². The van der Waals surface area contributed by atoms with Gasteiger partial charge in [0.15, 0.2) is 5.78 Å². The van der Waals surface area contributed by atoms with E-state index < -0.39 is 18.0 Å². The van der Waals surface area contributed by atoms with Gasteiger partial charge in [-0.25, -0.2) is 0 Å². The van der Waals surface area contributed by atoms with E-state index in [-0.39, 0.29) is 17.1 Å². The maximum absolute atomic E-state index is 13.8. The molecule has 2 heterocycles. The number of carbonyl (C=O) groups is 2. The molecule has 1 aliphatic carbocycles. The van der Waals surface area contributed by atoms with Crippen LogP contribution in [0.2, 0.25) is 0 Å². The van der Waals surface area contributed by atoms with Crippen LogP contribution < -0.4 is 15.8 Å². The zero-order valence-electron chi connectivity index (χ0n) is 20.2. The third-order valence-corrected chi connectivity index (χ3v) is 7.64. The monoisotopic (exact) mass is 473 g/mol. The standard InChI is InChI=1S/C28H31N3O4/c1-34-20-12-8-17(9-13-20)23-22-21(25(31-23)27(29)33)16-30-24(26(22)32)18-6-10-19(11-7-18)28(35-2)14-4-3-5-15-28/h6-13,23-24,30H,3-5,14-16H2,1-2H3,(H2,29,33). The highest BCUT2D eigenvalue weighted by Gasteiger charge is 2.42. The Labute approximate surface area is 205 Å². The van der Waals surface area contributed by atoms with Gasteiger partial charge in [0.05, 0.1) is 18.8 Å². The Balaban J connectivity index is 1.45. The predicted molar refractivity (Wildman–Crippen MR) is 133 cm³/mol. The van der Waals surface area contributed by atoms with Crippen molar-refractivity contribution in [2.24, 2.45) is 10.7 Å². The van der Waals surface area contributed by atoms with E-state index in [2.05, 4.69) is 22.4 Å². The van der Waals surface area contributed by atoms with Crippen LogP contribution in [0.3, 0.4) is 0 Å². The van der Waals surface area contributed by atoms with Crippen LogP contribution in [0.4, 0.5) is 0 Å². The van der Waals surface area contributed by atoms with Gasteiger partial charge >= 0.3 is 0 Å². The van der Waals surface area contributed by atoms with E-state index in [0.717, 1.165) is 42.4 Å². The highest BCUT2D eigenvalue weighted by Crippen LogP contribution is 2.42. The van der Waals surface area contributed by atoms with Crippen molar-refractivity contribution in [1.82, 2.24) is 5.32 Å². The Hall–Kier alpha value is -3.29. The van der Waals surface area contributed by atoms with Crippen molar-refractivity contribution in [1.29, 1.82) is 0 Å². The van der Waals surface area contributed by atoms with E-state index in [1.54, 1.807) is 14.2 Å². The summed E-state index contributed by atoms with van der Waals surface area (Å²) < 4.78 is 11.2. The molecular formula is C28H31N3O4. The van der Waals surface area contributed by atoms with E-state index >= 15 is 0 Å². The normalized spacial score (nSPS) is 23.6. The molecule has 1 amide bonds. The van der Waals surface area contributed by atoms with Crippen molar-refractivity contribution in [3.8, 4) is 5.75 Å². The minimum absolute atomic E-state index is 0.0843. The minimum Gasteiger partial charge on any atom is -0.497 e. The maximum Gasteiger partial charge on any atom is 0.267 e. The van der Waals surface area contributed by atoms with Crippen LogP contribution >= 0.6 is 0 Å². The summed E-state index contributed by atoms with van der Waals surface area (Å²) in [6.45, 7) is 0.351. The van der Waals surface area contributed by atoms with Gasteiger partial charge < -0.3 is 15.2 Å². The Kier molecular flexibility index (Phi) is 6.30. The van der Waals surface area contributed by atoms with Gasteiger partial charge in [0.25, 0.3) is 5.91 Å². The van der Waals surface area contributed by atoms with Gasteiger partial charge in [0.1, 0.15) is 17.5 Å². The fraction of sp³-hybridized carbons (Fsp3) is 0.393. The highest BCUT2D eigenvalue weighted by atomic mass is 16.5. The number of Topliss-reactive ketones (excluding diaryl/α,β-unsaturated/α-hetero) is 1. The second-order valence-corrected chi connectivity index (χ2v) is 9.47. The minimum atomic E-state index is -0.622. The topological polar surface area (TPSA) is 103 Å². The smallest absolute Gasteiger partial charge is 0.267 e. The summed E-state index contributed by atoms with van der Waals surface area (Å²) in [5.74, 6) is 0.00338. The molecule has 182 valence electrons. The molecule has 0 spiro atoms. The number of aliphatic imine (C=N–C) groups is 1. The summed E-state index contributed by atoms with van der Waals surface area (Å²) in [5.41, 5.74) is 9.54. The molecule has 1 saturated carbocycles. The predicted octanol–water partition coefficient (Wildman–Crippen LogP) is 3.69. The number of primary amides is 1. The SMILES string of the molecule is COc1ccc(C2N=C(C(N)=O)C3=C2C(=O)C(c2ccc(C4(OC)CCCCC4)cc2)NC3)cc1.